The number of anilines is 1. The maximum absolute atomic E-state index is 11.9. The van der Waals surface area contributed by atoms with Crippen LogP contribution in [0.25, 0.3) is 0 Å². The smallest absolute Gasteiger partial charge is 0.233 e. The quantitative estimate of drug-likeness (QED) is 0.837. The van der Waals surface area contributed by atoms with Gasteiger partial charge >= 0.3 is 0 Å². The summed E-state index contributed by atoms with van der Waals surface area (Å²) < 4.78 is 0. The molecule has 1 aromatic rings. The van der Waals surface area contributed by atoms with Crippen molar-refractivity contribution in [2.24, 2.45) is 0 Å². The second-order valence-corrected chi connectivity index (χ2v) is 6.02. The normalized spacial score (nSPS) is 15.5. The van der Waals surface area contributed by atoms with Gasteiger partial charge in [0.25, 0.3) is 0 Å². The molecule has 5 heteroatoms. The van der Waals surface area contributed by atoms with Gasteiger partial charge in [0.1, 0.15) is 6.42 Å². The monoisotopic (exact) mass is 308 g/mol. The molecule has 1 aromatic carbocycles. The zero-order chi connectivity index (χ0) is 15.2. The first kappa shape index (κ1) is 15.8. The summed E-state index contributed by atoms with van der Waals surface area (Å²) in [7, 11) is 0. The first-order valence-corrected chi connectivity index (χ1v) is 7.78. The first-order valence-electron chi connectivity index (χ1n) is 7.40. The fraction of sp³-hybridized carbons (Fsp3) is 0.500. The average molecular weight is 309 g/mol. The van der Waals surface area contributed by atoms with E-state index in [1.165, 1.54) is 6.42 Å². The van der Waals surface area contributed by atoms with E-state index in [0.29, 0.717) is 10.7 Å². The number of carbonyl (C=O) groups excluding carboxylic acids is 2. The molecule has 2 rings (SSSR count). The molecule has 1 aliphatic carbocycles. The van der Waals surface area contributed by atoms with Crippen molar-refractivity contribution in [3.63, 3.8) is 0 Å². The Morgan fingerprint density at radius 2 is 1.90 bits per heavy atom. The van der Waals surface area contributed by atoms with Gasteiger partial charge in [0.2, 0.25) is 11.8 Å². The molecule has 4 nitrogen and oxygen atoms in total. The molecule has 0 saturated heterocycles. The summed E-state index contributed by atoms with van der Waals surface area (Å²) in [6.07, 6.45) is 5.44. The van der Waals surface area contributed by atoms with E-state index in [0.717, 1.165) is 31.2 Å². The molecular formula is C16H21ClN2O2. The van der Waals surface area contributed by atoms with Gasteiger partial charge in [-0.3, -0.25) is 9.59 Å². The van der Waals surface area contributed by atoms with Crippen LogP contribution in [0.4, 0.5) is 5.69 Å². The molecule has 1 saturated carbocycles. The SMILES string of the molecule is Cc1cc(Cl)ccc1NC(=O)CC(=O)NC1CCCCC1. The number of rotatable bonds is 4. The molecular weight excluding hydrogens is 288 g/mol. The number of halogens is 1. The second kappa shape index (κ2) is 7.46. The van der Waals surface area contributed by atoms with Crippen LogP contribution >= 0.6 is 11.6 Å². The van der Waals surface area contributed by atoms with Gasteiger partial charge in [-0.2, -0.15) is 0 Å². The number of aryl methyl sites for hydroxylation is 1. The van der Waals surface area contributed by atoms with Gasteiger partial charge in [-0.25, -0.2) is 0 Å². The van der Waals surface area contributed by atoms with Crippen molar-refractivity contribution >= 4 is 29.1 Å². The Morgan fingerprint density at radius 3 is 2.57 bits per heavy atom. The lowest BCUT2D eigenvalue weighted by Gasteiger charge is -2.22. The van der Waals surface area contributed by atoms with Crippen molar-refractivity contribution in [2.45, 2.75) is 51.5 Å². The Bertz CT molecular complexity index is 525. The molecule has 0 aliphatic heterocycles. The Morgan fingerprint density at radius 1 is 1.19 bits per heavy atom. The number of benzene rings is 1. The van der Waals surface area contributed by atoms with Crippen molar-refractivity contribution < 1.29 is 9.59 Å². The zero-order valence-corrected chi connectivity index (χ0v) is 13.0. The Hall–Kier alpha value is -1.55. The van der Waals surface area contributed by atoms with E-state index >= 15 is 0 Å². The number of carbonyl (C=O) groups is 2. The topological polar surface area (TPSA) is 58.2 Å². The van der Waals surface area contributed by atoms with Crippen LogP contribution in [0, 0.1) is 6.92 Å². The van der Waals surface area contributed by atoms with Crippen LogP contribution in [-0.2, 0) is 9.59 Å². The Labute approximate surface area is 130 Å². The summed E-state index contributed by atoms with van der Waals surface area (Å²) in [5.74, 6) is -0.500. The van der Waals surface area contributed by atoms with Gasteiger partial charge in [0.15, 0.2) is 0 Å². The van der Waals surface area contributed by atoms with Crippen LogP contribution < -0.4 is 10.6 Å². The summed E-state index contributed by atoms with van der Waals surface area (Å²) in [5.41, 5.74) is 1.57. The molecule has 2 N–H and O–H groups in total. The predicted octanol–water partition coefficient (Wildman–Crippen LogP) is 3.43. The van der Waals surface area contributed by atoms with Crippen LogP contribution in [0.3, 0.4) is 0 Å². The molecule has 0 spiro atoms. The Kier molecular flexibility index (Phi) is 5.62. The first-order chi connectivity index (χ1) is 10.0. The van der Waals surface area contributed by atoms with Crippen molar-refractivity contribution in [2.75, 3.05) is 5.32 Å². The molecule has 0 aromatic heterocycles. The van der Waals surface area contributed by atoms with Gasteiger partial charge in [-0.1, -0.05) is 30.9 Å². The van der Waals surface area contributed by atoms with E-state index in [4.69, 9.17) is 11.6 Å². The van der Waals surface area contributed by atoms with Gasteiger partial charge in [-0.15, -0.1) is 0 Å². The van der Waals surface area contributed by atoms with Crippen LogP contribution in [0.1, 0.15) is 44.1 Å². The van der Waals surface area contributed by atoms with E-state index < -0.39 is 0 Å². The zero-order valence-electron chi connectivity index (χ0n) is 12.2. The highest BCUT2D eigenvalue weighted by molar-refractivity contribution is 6.30. The van der Waals surface area contributed by atoms with Gasteiger partial charge in [0, 0.05) is 16.8 Å². The molecule has 1 aliphatic rings. The number of nitrogens with one attached hydrogen (secondary N) is 2. The van der Waals surface area contributed by atoms with Crippen LogP contribution in [0.15, 0.2) is 18.2 Å². The summed E-state index contributed by atoms with van der Waals surface area (Å²) in [5, 5.41) is 6.31. The molecule has 0 unspecified atom stereocenters. The minimum absolute atomic E-state index is 0.140. The number of amides is 2. The lowest BCUT2D eigenvalue weighted by molar-refractivity contribution is -0.127. The lowest BCUT2D eigenvalue weighted by Crippen LogP contribution is -2.37. The third-order valence-electron chi connectivity index (χ3n) is 3.75. The maximum atomic E-state index is 11.9. The molecule has 0 bridgehead atoms. The third kappa shape index (κ3) is 5.05. The molecule has 2 amide bonds. The third-order valence-corrected chi connectivity index (χ3v) is 3.99. The van der Waals surface area contributed by atoms with Gasteiger partial charge < -0.3 is 10.6 Å². The highest BCUT2D eigenvalue weighted by Crippen LogP contribution is 2.20. The lowest BCUT2D eigenvalue weighted by atomic mass is 9.95. The fourth-order valence-corrected chi connectivity index (χ4v) is 2.86. The molecule has 0 atom stereocenters. The maximum Gasteiger partial charge on any atom is 0.233 e. The van der Waals surface area contributed by atoms with E-state index in [1.54, 1.807) is 18.2 Å². The molecule has 114 valence electrons. The van der Waals surface area contributed by atoms with Crippen LogP contribution in [0.5, 0.6) is 0 Å². The average Bonchev–Trinajstić information content (AvgIpc) is 2.43. The van der Waals surface area contributed by atoms with E-state index in [-0.39, 0.29) is 24.3 Å². The van der Waals surface area contributed by atoms with Crippen molar-refractivity contribution in [1.82, 2.24) is 5.32 Å². The van der Waals surface area contributed by atoms with E-state index in [2.05, 4.69) is 10.6 Å². The van der Waals surface area contributed by atoms with Crippen molar-refractivity contribution in [3.8, 4) is 0 Å². The van der Waals surface area contributed by atoms with Crippen LogP contribution in [0.2, 0.25) is 5.02 Å². The summed E-state index contributed by atoms with van der Waals surface area (Å²) in [6, 6.07) is 5.47. The number of hydrogen-bond donors (Lipinski definition) is 2. The van der Waals surface area contributed by atoms with Gasteiger partial charge in [-0.05, 0) is 43.5 Å². The number of hydrogen-bond acceptors (Lipinski definition) is 2. The standard InChI is InChI=1S/C16H21ClN2O2/c1-11-9-12(17)7-8-14(11)19-16(21)10-15(20)18-13-5-3-2-4-6-13/h7-9,13H,2-6,10H2,1H3,(H,18,20)(H,19,21). The van der Waals surface area contributed by atoms with Gasteiger partial charge in [0.05, 0.1) is 0 Å². The molecule has 0 heterocycles. The minimum Gasteiger partial charge on any atom is -0.353 e. The van der Waals surface area contributed by atoms with E-state index in [1.807, 2.05) is 6.92 Å². The summed E-state index contributed by atoms with van der Waals surface area (Å²) in [4.78, 5) is 23.8. The predicted molar refractivity (Wildman–Crippen MR) is 84.5 cm³/mol. The molecule has 1 fully saturated rings. The fourth-order valence-electron chi connectivity index (χ4n) is 2.63. The Balaban J connectivity index is 1.81. The summed E-state index contributed by atoms with van der Waals surface area (Å²) in [6.45, 7) is 1.86. The summed E-state index contributed by atoms with van der Waals surface area (Å²) >= 11 is 5.87. The second-order valence-electron chi connectivity index (χ2n) is 5.59. The molecule has 0 radical (unpaired) electrons. The van der Waals surface area contributed by atoms with Crippen molar-refractivity contribution in [1.29, 1.82) is 0 Å². The van der Waals surface area contributed by atoms with Crippen LogP contribution in [-0.4, -0.2) is 17.9 Å². The largest absolute Gasteiger partial charge is 0.353 e. The minimum atomic E-state index is -0.297. The van der Waals surface area contributed by atoms with E-state index in [9.17, 15) is 9.59 Å². The molecule has 21 heavy (non-hydrogen) atoms. The highest BCUT2D eigenvalue weighted by atomic mass is 35.5. The highest BCUT2D eigenvalue weighted by Gasteiger charge is 2.17. The van der Waals surface area contributed by atoms with Crippen molar-refractivity contribution in [3.05, 3.63) is 28.8 Å².